The summed E-state index contributed by atoms with van der Waals surface area (Å²) in [5, 5.41) is 0. The van der Waals surface area contributed by atoms with E-state index in [0.29, 0.717) is 19.1 Å². The molecule has 1 fully saturated rings. The molecule has 0 aliphatic carbocycles. The average molecular weight is 325 g/mol. The summed E-state index contributed by atoms with van der Waals surface area (Å²) in [6.07, 6.45) is 7.55. The summed E-state index contributed by atoms with van der Waals surface area (Å²) in [6, 6.07) is 4.01. The number of aromatic nitrogens is 1. The van der Waals surface area contributed by atoms with Crippen molar-refractivity contribution in [2.75, 3.05) is 38.8 Å². The minimum atomic E-state index is -1.98. The molecule has 1 aliphatic rings. The molecule has 0 radical (unpaired) electrons. The summed E-state index contributed by atoms with van der Waals surface area (Å²) >= 11 is 0. The lowest BCUT2D eigenvalue weighted by molar-refractivity contribution is 0.169. The number of pyridine rings is 1. The fourth-order valence-electron chi connectivity index (χ4n) is 2.71. The Bertz CT molecular complexity index is 572. The molecule has 0 aromatic carbocycles. The van der Waals surface area contributed by atoms with Crippen molar-refractivity contribution in [2.45, 2.75) is 26.3 Å². The van der Waals surface area contributed by atoms with E-state index in [0.717, 1.165) is 31.1 Å². The summed E-state index contributed by atoms with van der Waals surface area (Å²) in [4.78, 5) is 6.88. The van der Waals surface area contributed by atoms with Gasteiger partial charge in [0.1, 0.15) is 5.75 Å². The maximum absolute atomic E-state index is 11.7. The van der Waals surface area contributed by atoms with E-state index in [1.807, 2.05) is 19.1 Å². The van der Waals surface area contributed by atoms with Gasteiger partial charge in [-0.25, -0.2) is 4.36 Å². The van der Waals surface area contributed by atoms with Gasteiger partial charge in [0.2, 0.25) is 0 Å². The van der Waals surface area contributed by atoms with E-state index in [-0.39, 0.29) is 0 Å². The molecule has 0 saturated carbocycles. The Balaban J connectivity index is 1.88. The van der Waals surface area contributed by atoms with Gasteiger partial charge in [-0.05, 0) is 44.4 Å². The smallest absolute Gasteiger partial charge is 0.137 e. The molecule has 1 unspecified atom stereocenters. The fourth-order valence-corrected chi connectivity index (χ4v) is 3.28. The molecule has 124 valence electrons. The minimum absolute atomic E-state index is 0.511. The summed E-state index contributed by atoms with van der Waals surface area (Å²) < 4.78 is 21.4. The molecule has 2 rings (SSSR count). The lowest BCUT2D eigenvalue weighted by atomic mass is 9.98. The highest BCUT2D eigenvalue weighted by atomic mass is 32.2. The van der Waals surface area contributed by atoms with Gasteiger partial charge >= 0.3 is 0 Å². The fraction of sp³-hybridized carbons (Fsp3) is 0.688. The largest absolute Gasteiger partial charge is 0.492 e. The van der Waals surface area contributed by atoms with Gasteiger partial charge in [-0.15, -0.1) is 0 Å². The van der Waals surface area contributed by atoms with Gasteiger partial charge in [0.25, 0.3) is 0 Å². The molecule has 0 bridgehead atoms. The van der Waals surface area contributed by atoms with Crippen LogP contribution in [0.15, 0.2) is 22.7 Å². The van der Waals surface area contributed by atoms with Crippen LogP contribution in [0.4, 0.5) is 0 Å². The van der Waals surface area contributed by atoms with E-state index in [1.165, 1.54) is 12.8 Å². The molecule has 1 aromatic heterocycles. The molecule has 0 N–H and O–H groups in total. The van der Waals surface area contributed by atoms with E-state index in [2.05, 4.69) is 14.2 Å². The number of piperidine rings is 1. The normalized spacial score (nSPS) is 19.9. The topological polar surface area (TPSA) is 54.8 Å². The second-order valence-corrected chi connectivity index (χ2v) is 8.78. The van der Waals surface area contributed by atoms with E-state index >= 15 is 0 Å². The van der Waals surface area contributed by atoms with Crippen LogP contribution in [-0.4, -0.2) is 52.8 Å². The standard InChI is InChI=1S/C16H27N3O2S/c1-4-21-16-8-7-15(17-11-16)13-19-9-5-6-14(12-19)10-18-22(2,3)20/h7-8,11,14H,4-6,9-10,12-13H2,1-3H3. The molecule has 2 heterocycles. The first-order valence-corrected chi connectivity index (χ1v) is 10.2. The van der Waals surface area contributed by atoms with Crippen LogP contribution in [0, 0.1) is 5.92 Å². The average Bonchev–Trinajstić information content (AvgIpc) is 2.47. The van der Waals surface area contributed by atoms with Crippen LogP contribution in [0.5, 0.6) is 5.75 Å². The van der Waals surface area contributed by atoms with Gasteiger partial charge in [-0.2, -0.15) is 0 Å². The third-order valence-corrected chi connectivity index (χ3v) is 4.51. The highest BCUT2D eigenvalue weighted by molar-refractivity contribution is 7.92. The van der Waals surface area contributed by atoms with E-state index < -0.39 is 9.73 Å². The number of rotatable bonds is 6. The zero-order valence-electron chi connectivity index (χ0n) is 13.8. The SMILES string of the molecule is CCOc1ccc(CN2CCCC(CN=S(C)(C)=O)C2)nc1. The van der Waals surface area contributed by atoms with Crippen LogP contribution in [0.3, 0.4) is 0 Å². The lowest BCUT2D eigenvalue weighted by Crippen LogP contribution is -2.36. The van der Waals surface area contributed by atoms with Crippen LogP contribution in [0.25, 0.3) is 0 Å². The molecular weight excluding hydrogens is 298 g/mol. The zero-order valence-corrected chi connectivity index (χ0v) is 14.6. The molecule has 1 aliphatic heterocycles. The second kappa shape index (κ2) is 7.92. The van der Waals surface area contributed by atoms with Gasteiger partial charge in [0, 0.05) is 35.3 Å². The first-order valence-electron chi connectivity index (χ1n) is 7.89. The number of likely N-dealkylation sites (tertiary alicyclic amines) is 1. The minimum Gasteiger partial charge on any atom is -0.492 e. The van der Waals surface area contributed by atoms with Crippen molar-refractivity contribution >= 4 is 9.73 Å². The Kier molecular flexibility index (Phi) is 6.20. The summed E-state index contributed by atoms with van der Waals surface area (Å²) in [5.74, 6) is 1.33. The van der Waals surface area contributed by atoms with Crippen molar-refractivity contribution in [3.05, 3.63) is 24.0 Å². The predicted octanol–water partition coefficient (Wildman–Crippen LogP) is 2.42. The Morgan fingerprint density at radius 1 is 1.45 bits per heavy atom. The lowest BCUT2D eigenvalue weighted by Gasteiger charge is -2.31. The Morgan fingerprint density at radius 3 is 2.91 bits per heavy atom. The third kappa shape index (κ3) is 5.93. The van der Waals surface area contributed by atoms with Gasteiger partial charge < -0.3 is 4.74 Å². The van der Waals surface area contributed by atoms with Crippen LogP contribution in [0.1, 0.15) is 25.5 Å². The van der Waals surface area contributed by atoms with Gasteiger partial charge in [0.15, 0.2) is 0 Å². The molecule has 1 saturated heterocycles. The third-order valence-electron chi connectivity index (χ3n) is 3.74. The molecular formula is C16H27N3O2S. The summed E-state index contributed by atoms with van der Waals surface area (Å²) in [5.41, 5.74) is 1.07. The predicted molar refractivity (Wildman–Crippen MR) is 90.7 cm³/mol. The first kappa shape index (κ1) is 17.2. The quantitative estimate of drug-likeness (QED) is 0.806. The second-order valence-electron chi connectivity index (χ2n) is 6.15. The summed E-state index contributed by atoms with van der Waals surface area (Å²) in [7, 11) is -1.98. The van der Waals surface area contributed by atoms with Gasteiger partial charge in [-0.3, -0.25) is 14.1 Å². The number of ether oxygens (including phenoxy) is 1. The molecule has 22 heavy (non-hydrogen) atoms. The van der Waals surface area contributed by atoms with Crippen LogP contribution >= 0.6 is 0 Å². The summed E-state index contributed by atoms with van der Waals surface area (Å²) in [6.45, 7) is 6.30. The molecule has 6 heteroatoms. The Hall–Kier alpha value is -1.14. The molecule has 0 amide bonds. The van der Waals surface area contributed by atoms with Gasteiger partial charge in [-0.1, -0.05) is 0 Å². The van der Waals surface area contributed by atoms with E-state index in [1.54, 1.807) is 18.7 Å². The van der Waals surface area contributed by atoms with E-state index in [9.17, 15) is 4.21 Å². The van der Waals surface area contributed by atoms with Crippen molar-refractivity contribution in [3.63, 3.8) is 0 Å². The Morgan fingerprint density at radius 2 is 2.27 bits per heavy atom. The number of hydrogen-bond acceptors (Lipinski definition) is 5. The highest BCUT2D eigenvalue weighted by Gasteiger charge is 2.20. The molecule has 0 spiro atoms. The van der Waals surface area contributed by atoms with E-state index in [4.69, 9.17) is 4.74 Å². The Labute approximate surface area is 134 Å². The van der Waals surface area contributed by atoms with Crippen molar-refractivity contribution < 1.29 is 8.95 Å². The molecule has 1 atom stereocenters. The zero-order chi connectivity index (χ0) is 16.0. The number of nitrogens with zero attached hydrogens (tertiary/aromatic N) is 3. The van der Waals surface area contributed by atoms with Gasteiger partial charge in [0.05, 0.1) is 25.0 Å². The first-order chi connectivity index (χ1) is 10.5. The van der Waals surface area contributed by atoms with Crippen molar-refractivity contribution in [1.29, 1.82) is 0 Å². The maximum atomic E-state index is 11.7. The molecule has 5 nitrogen and oxygen atoms in total. The van der Waals surface area contributed by atoms with Crippen LogP contribution in [0.2, 0.25) is 0 Å². The van der Waals surface area contributed by atoms with Crippen molar-refractivity contribution in [2.24, 2.45) is 10.3 Å². The van der Waals surface area contributed by atoms with Crippen LogP contribution < -0.4 is 4.74 Å². The highest BCUT2D eigenvalue weighted by Crippen LogP contribution is 2.19. The van der Waals surface area contributed by atoms with Crippen LogP contribution in [-0.2, 0) is 16.3 Å². The van der Waals surface area contributed by atoms with Crippen molar-refractivity contribution in [1.82, 2.24) is 9.88 Å². The van der Waals surface area contributed by atoms with Crippen molar-refractivity contribution in [3.8, 4) is 5.75 Å². The molecule has 1 aromatic rings. The monoisotopic (exact) mass is 325 g/mol. The number of hydrogen-bond donors (Lipinski definition) is 0. The maximum Gasteiger partial charge on any atom is 0.137 e.